The Morgan fingerprint density at radius 2 is 2.44 bits per heavy atom. The van der Waals surface area contributed by atoms with Crippen molar-refractivity contribution in [1.82, 2.24) is 5.32 Å². The van der Waals surface area contributed by atoms with Crippen LogP contribution < -0.4 is 5.32 Å². The summed E-state index contributed by atoms with van der Waals surface area (Å²) >= 11 is 3.28. The predicted molar refractivity (Wildman–Crippen MR) is 77.7 cm³/mol. The third kappa shape index (κ3) is 2.47. The van der Waals surface area contributed by atoms with E-state index in [-0.39, 0.29) is 5.91 Å². The number of fused-ring (bicyclic) bond motifs is 1. The molecule has 5 heteroatoms. The highest BCUT2D eigenvalue weighted by molar-refractivity contribution is 8.14. The molecule has 1 amide bonds. The van der Waals surface area contributed by atoms with Gasteiger partial charge in [0.15, 0.2) is 5.17 Å². The van der Waals surface area contributed by atoms with Crippen LogP contribution in [0.2, 0.25) is 0 Å². The van der Waals surface area contributed by atoms with Crippen molar-refractivity contribution in [2.75, 3.05) is 12.3 Å². The number of carbonyl (C=O) groups excluding carboxylic acids is 1. The zero-order valence-corrected chi connectivity index (χ0v) is 12.0. The van der Waals surface area contributed by atoms with Crippen molar-refractivity contribution in [3.63, 3.8) is 0 Å². The van der Waals surface area contributed by atoms with Crippen molar-refractivity contribution in [3.05, 3.63) is 21.4 Å². The van der Waals surface area contributed by atoms with Gasteiger partial charge in [-0.15, -0.1) is 11.3 Å². The number of hydrogen-bond donors (Lipinski definition) is 1. The van der Waals surface area contributed by atoms with Gasteiger partial charge in [0.05, 0.1) is 11.4 Å². The summed E-state index contributed by atoms with van der Waals surface area (Å²) in [7, 11) is 0. The highest BCUT2D eigenvalue weighted by Crippen LogP contribution is 2.32. The Balaban J connectivity index is 1.74. The fraction of sp³-hybridized carbons (Fsp3) is 0.538. The molecule has 0 saturated heterocycles. The van der Waals surface area contributed by atoms with Gasteiger partial charge < -0.3 is 5.32 Å². The third-order valence-electron chi connectivity index (χ3n) is 3.36. The summed E-state index contributed by atoms with van der Waals surface area (Å²) in [6.45, 7) is 3.10. The average Bonchev–Trinajstić information content (AvgIpc) is 2.96. The highest BCUT2D eigenvalue weighted by atomic mass is 32.2. The van der Waals surface area contributed by atoms with Gasteiger partial charge in [0, 0.05) is 10.6 Å². The molecule has 1 aromatic heterocycles. The lowest BCUT2D eigenvalue weighted by atomic mass is 9.90. The maximum atomic E-state index is 12.1. The second-order valence-electron chi connectivity index (χ2n) is 4.90. The number of amidine groups is 1. The van der Waals surface area contributed by atoms with Crippen LogP contribution in [-0.4, -0.2) is 23.4 Å². The fourth-order valence-electron chi connectivity index (χ4n) is 2.39. The van der Waals surface area contributed by atoms with Crippen LogP contribution in [0.4, 0.5) is 0 Å². The Bertz CT molecular complexity index is 507. The summed E-state index contributed by atoms with van der Waals surface area (Å²) in [5, 5.41) is 3.68. The molecule has 96 valence electrons. The van der Waals surface area contributed by atoms with Crippen molar-refractivity contribution in [3.8, 4) is 0 Å². The Hall–Kier alpha value is -0.810. The van der Waals surface area contributed by atoms with Crippen LogP contribution in [0.15, 0.2) is 11.1 Å². The minimum atomic E-state index is 0.00945. The van der Waals surface area contributed by atoms with E-state index < -0.39 is 0 Å². The first-order valence-electron chi connectivity index (χ1n) is 6.32. The number of nitrogens with zero attached hydrogens (tertiary/aromatic N) is 1. The van der Waals surface area contributed by atoms with E-state index in [2.05, 4.69) is 23.3 Å². The van der Waals surface area contributed by atoms with Gasteiger partial charge in [-0.25, -0.2) is 0 Å². The van der Waals surface area contributed by atoms with Crippen LogP contribution in [0, 0.1) is 5.92 Å². The fourth-order valence-corrected chi connectivity index (χ4v) is 4.21. The van der Waals surface area contributed by atoms with Crippen molar-refractivity contribution in [1.29, 1.82) is 0 Å². The molecule has 0 spiro atoms. The largest absolute Gasteiger partial charge is 0.301 e. The normalized spacial score (nSPS) is 22.5. The molecular weight excluding hydrogens is 264 g/mol. The van der Waals surface area contributed by atoms with Gasteiger partial charge in [-0.3, -0.25) is 9.79 Å². The molecule has 3 nitrogen and oxygen atoms in total. The van der Waals surface area contributed by atoms with Gasteiger partial charge in [0.1, 0.15) is 0 Å². The predicted octanol–water partition coefficient (Wildman–Crippen LogP) is 2.71. The summed E-state index contributed by atoms with van der Waals surface area (Å²) in [4.78, 5) is 18.6. The molecule has 1 aromatic rings. The number of aryl methyl sites for hydroxylation is 1. The Kier molecular flexibility index (Phi) is 3.43. The quantitative estimate of drug-likeness (QED) is 0.859. The Morgan fingerprint density at radius 3 is 3.22 bits per heavy atom. The zero-order chi connectivity index (χ0) is 12.5. The molecule has 0 radical (unpaired) electrons. The van der Waals surface area contributed by atoms with E-state index in [4.69, 9.17) is 0 Å². The lowest BCUT2D eigenvalue weighted by Crippen LogP contribution is -2.26. The Morgan fingerprint density at radius 1 is 1.56 bits per heavy atom. The summed E-state index contributed by atoms with van der Waals surface area (Å²) < 4.78 is 0. The number of hydrogen-bond acceptors (Lipinski definition) is 4. The SMILES string of the molecule is C[C@H]1CCc2sc(C(=O)NC3=NCCS3)cc2C1. The maximum Gasteiger partial charge on any atom is 0.267 e. The van der Waals surface area contributed by atoms with Crippen molar-refractivity contribution in [2.24, 2.45) is 10.9 Å². The van der Waals surface area contributed by atoms with Crippen LogP contribution in [-0.2, 0) is 12.8 Å². The lowest BCUT2D eigenvalue weighted by Gasteiger charge is -2.16. The van der Waals surface area contributed by atoms with E-state index in [0.29, 0.717) is 0 Å². The molecule has 1 atom stereocenters. The molecule has 0 fully saturated rings. The molecule has 0 saturated carbocycles. The van der Waals surface area contributed by atoms with E-state index in [1.807, 2.05) is 0 Å². The first-order valence-corrected chi connectivity index (χ1v) is 8.13. The summed E-state index contributed by atoms with van der Waals surface area (Å²) in [6, 6.07) is 2.07. The zero-order valence-electron chi connectivity index (χ0n) is 10.4. The molecule has 0 aromatic carbocycles. The van der Waals surface area contributed by atoms with Crippen LogP contribution in [0.25, 0.3) is 0 Å². The summed E-state index contributed by atoms with van der Waals surface area (Å²) in [6.07, 6.45) is 3.50. The summed E-state index contributed by atoms with van der Waals surface area (Å²) in [5.41, 5.74) is 1.38. The van der Waals surface area contributed by atoms with Gasteiger partial charge in [-0.05, 0) is 36.8 Å². The highest BCUT2D eigenvalue weighted by Gasteiger charge is 2.21. The number of carbonyl (C=O) groups is 1. The van der Waals surface area contributed by atoms with Crippen LogP contribution >= 0.6 is 23.1 Å². The number of amides is 1. The minimum absolute atomic E-state index is 0.00945. The molecule has 0 unspecified atom stereocenters. The average molecular weight is 280 g/mol. The molecular formula is C13H16N2OS2. The monoisotopic (exact) mass is 280 g/mol. The standard InChI is InChI=1S/C13H16N2OS2/c1-8-2-3-10-9(6-8)7-11(18-10)12(16)15-13-14-4-5-17-13/h7-8H,2-6H2,1H3,(H,14,15,16)/t8-/m0/s1. The van der Waals surface area contributed by atoms with Crippen molar-refractivity contribution >= 4 is 34.2 Å². The minimum Gasteiger partial charge on any atom is -0.301 e. The van der Waals surface area contributed by atoms with E-state index in [0.717, 1.165) is 41.1 Å². The maximum absolute atomic E-state index is 12.1. The van der Waals surface area contributed by atoms with E-state index in [1.54, 1.807) is 23.1 Å². The summed E-state index contributed by atoms with van der Waals surface area (Å²) in [5.74, 6) is 1.74. The van der Waals surface area contributed by atoms with Crippen LogP contribution in [0.1, 0.15) is 33.5 Å². The van der Waals surface area contributed by atoms with Crippen molar-refractivity contribution < 1.29 is 4.79 Å². The van der Waals surface area contributed by atoms with Gasteiger partial charge in [0.25, 0.3) is 5.91 Å². The smallest absolute Gasteiger partial charge is 0.267 e. The number of aliphatic imine (C=N–C) groups is 1. The van der Waals surface area contributed by atoms with Gasteiger partial charge in [-0.2, -0.15) is 0 Å². The molecule has 1 aliphatic carbocycles. The van der Waals surface area contributed by atoms with Gasteiger partial charge in [-0.1, -0.05) is 18.7 Å². The molecule has 2 aliphatic rings. The molecule has 1 N–H and O–H groups in total. The second kappa shape index (κ2) is 5.05. The van der Waals surface area contributed by atoms with E-state index >= 15 is 0 Å². The van der Waals surface area contributed by atoms with Crippen molar-refractivity contribution in [2.45, 2.75) is 26.2 Å². The number of thioether (sulfide) groups is 1. The van der Waals surface area contributed by atoms with E-state index in [1.165, 1.54) is 16.9 Å². The third-order valence-corrected chi connectivity index (χ3v) is 5.49. The molecule has 0 bridgehead atoms. The Labute approximate surface area is 115 Å². The van der Waals surface area contributed by atoms with Crippen LogP contribution in [0.3, 0.4) is 0 Å². The number of thiophene rings is 1. The molecule has 2 heterocycles. The molecule has 1 aliphatic heterocycles. The first kappa shape index (κ1) is 12.2. The second-order valence-corrected chi connectivity index (χ2v) is 7.12. The number of rotatable bonds is 1. The van der Waals surface area contributed by atoms with Gasteiger partial charge >= 0.3 is 0 Å². The molecule has 18 heavy (non-hydrogen) atoms. The molecule has 3 rings (SSSR count). The lowest BCUT2D eigenvalue weighted by molar-refractivity contribution is 0.0982. The first-order chi connectivity index (χ1) is 8.72. The van der Waals surface area contributed by atoms with Gasteiger partial charge in [0.2, 0.25) is 0 Å². The van der Waals surface area contributed by atoms with E-state index in [9.17, 15) is 4.79 Å². The number of nitrogens with one attached hydrogen (secondary N) is 1. The topological polar surface area (TPSA) is 41.5 Å². The van der Waals surface area contributed by atoms with Crippen LogP contribution in [0.5, 0.6) is 0 Å².